The molecule has 0 atom stereocenters. The Kier molecular flexibility index (Phi) is 8.50. The van der Waals surface area contributed by atoms with Crippen LogP contribution < -0.4 is 4.90 Å². The number of hydrogen-bond acceptors (Lipinski definition) is 2. The number of furan rings is 1. The van der Waals surface area contributed by atoms with E-state index in [4.69, 9.17) is 4.42 Å². The number of aromatic nitrogens is 1. The van der Waals surface area contributed by atoms with Gasteiger partial charge in [0.05, 0.1) is 27.8 Å². The Labute approximate surface area is 394 Å². The second-order valence-electron chi connectivity index (χ2n) is 17.9. The largest absolute Gasteiger partial charge is 0.453 e. The third-order valence-corrected chi connectivity index (χ3v) is 14.5. The normalized spacial score (nSPS) is 12.8. The standard InChI is InChI=1S/C65H42N2O/c1-3-20-46(21-4-1)65(47-22-5-2-6-23-47)56-30-12-9-28-55(56)62-57(65)31-17-34-60(62)66(61-35-16-29-53-54-41-38-44-18-7-8-25-50(44)63(54)68-64(53)61)48-39-36-43(37-40-48)45-19-15-24-49(42-45)67-58-32-13-10-26-51(58)52-27-11-14-33-59(52)67/h1-42H. The molecule has 0 aliphatic heterocycles. The van der Waals surface area contributed by atoms with Crippen molar-refractivity contribution in [1.29, 1.82) is 0 Å². The molecule has 0 amide bonds. The first-order valence-corrected chi connectivity index (χ1v) is 23.4. The van der Waals surface area contributed by atoms with E-state index in [1.807, 2.05) is 0 Å². The van der Waals surface area contributed by atoms with Gasteiger partial charge in [0.2, 0.25) is 0 Å². The van der Waals surface area contributed by atoms with Crippen molar-refractivity contribution < 1.29 is 4.42 Å². The van der Waals surface area contributed by atoms with E-state index in [1.54, 1.807) is 0 Å². The van der Waals surface area contributed by atoms with Crippen molar-refractivity contribution >= 4 is 71.6 Å². The molecule has 318 valence electrons. The molecule has 0 unspecified atom stereocenters. The number of rotatable bonds is 7. The molecule has 0 bridgehead atoms. The van der Waals surface area contributed by atoms with E-state index in [0.717, 1.165) is 66.6 Å². The molecule has 14 rings (SSSR count). The molecule has 2 aromatic heterocycles. The van der Waals surface area contributed by atoms with Gasteiger partial charge in [-0.1, -0.05) is 200 Å². The summed E-state index contributed by atoms with van der Waals surface area (Å²) in [5.41, 5.74) is 17.5. The Morgan fingerprint density at radius 2 is 0.941 bits per heavy atom. The smallest absolute Gasteiger partial charge is 0.159 e. The summed E-state index contributed by atoms with van der Waals surface area (Å²) < 4.78 is 9.54. The minimum Gasteiger partial charge on any atom is -0.453 e. The highest BCUT2D eigenvalue weighted by molar-refractivity contribution is 6.18. The lowest BCUT2D eigenvalue weighted by Gasteiger charge is -2.34. The van der Waals surface area contributed by atoms with E-state index in [1.165, 1.54) is 55.2 Å². The number of benzene rings is 11. The van der Waals surface area contributed by atoms with Gasteiger partial charge in [0.25, 0.3) is 0 Å². The van der Waals surface area contributed by atoms with Crippen LogP contribution in [0.2, 0.25) is 0 Å². The van der Waals surface area contributed by atoms with Crippen LogP contribution in [0.4, 0.5) is 17.1 Å². The van der Waals surface area contributed by atoms with Gasteiger partial charge >= 0.3 is 0 Å². The van der Waals surface area contributed by atoms with Gasteiger partial charge in [-0.25, -0.2) is 0 Å². The van der Waals surface area contributed by atoms with Crippen LogP contribution in [0.15, 0.2) is 259 Å². The Morgan fingerprint density at radius 3 is 1.69 bits per heavy atom. The first kappa shape index (κ1) is 38.4. The van der Waals surface area contributed by atoms with Crippen molar-refractivity contribution in [3.63, 3.8) is 0 Å². The molecule has 1 aliphatic carbocycles. The fourth-order valence-corrected chi connectivity index (χ4v) is 11.6. The van der Waals surface area contributed by atoms with Crippen molar-refractivity contribution in [3.05, 3.63) is 277 Å². The maximum absolute atomic E-state index is 7.15. The van der Waals surface area contributed by atoms with Crippen molar-refractivity contribution in [2.24, 2.45) is 0 Å². The molecular formula is C65H42N2O. The highest BCUT2D eigenvalue weighted by Gasteiger charge is 2.47. The predicted molar refractivity (Wildman–Crippen MR) is 283 cm³/mol. The monoisotopic (exact) mass is 866 g/mol. The van der Waals surface area contributed by atoms with Crippen LogP contribution in [-0.2, 0) is 5.41 Å². The highest BCUT2D eigenvalue weighted by atomic mass is 16.3. The van der Waals surface area contributed by atoms with Crippen molar-refractivity contribution in [2.75, 3.05) is 4.90 Å². The first-order chi connectivity index (χ1) is 33.8. The molecule has 0 N–H and O–H groups in total. The zero-order valence-corrected chi connectivity index (χ0v) is 37.1. The molecular weight excluding hydrogens is 825 g/mol. The number of fused-ring (bicyclic) bond motifs is 11. The van der Waals surface area contributed by atoms with Crippen molar-refractivity contribution in [1.82, 2.24) is 4.57 Å². The fourth-order valence-electron chi connectivity index (χ4n) is 11.6. The number of para-hydroxylation sites is 3. The molecule has 3 heteroatoms. The summed E-state index contributed by atoms with van der Waals surface area (Å²) in [6.07, 6.45) is 0. The van der Waals surface area contributed by atoms with Crippen LogP contribution in [-0.4, -0.2) is 4.57 Å². The van der Waals surface area contributed by atoms with E-state index in [2.05, 4.69) is 264 Å². The summed E-state index contributed by atoms with van der Waals surface area (Å²) in [5.74, 6) is 0. The van der Waals surface area contributed by atoms with Gasteiger partial charge in [-0.2, -0.15) is 0 Å². The van der Waals surface area contributed by atoms with Gasteiger partial charge in [0, 0.05) is 43.9 Å². The molecule has 2 heterocycles. The van der Waals surface area contributed by atoms with Crippen LogP contribution >= 0.6 is 0 Å². The average Bonchev–Trinajstić information content (AvgIpc) is 4.07. The summed E-state index contributed by atoms with van der Waals surface area (Å²) in [7, 11) is 0. The lowest BCUT2D eigenvalue weighted by atomic mass is 9.68. The Balaban J connectivity index is 0.997. The van der Waals surface area contributed by atoms with Gasteiger partial charge < -0.3 is 13.9 Å². The second-order valence-corrected chi connectivity index (χ2v) is 17.9. The van der Waals surface area contributed by atoms with Crippen LogP contribution in [0.1, 0.15) is 22.3 Å². The maximum Gasteiger partial charge on any atom is 0.159 e. The van der Waals surface area contributed by atoms with Gasteiger partial charge in [0.1, 0.15) is 5.58 Å². The minimum absolute atomic E-state index is 0.550. The quantitative estimate of drug-likeness (QED) is 0.159. The number of anilines is 3. The lowest BCUT2D eigenvalue weighted by Crippen LogP contribution is -2.28. The number of hydrogen-bond donors (Lipinski definition) is 0. The van der Waals surface area contributed by atoms with Crippen molar-refractivity contribution in [2.45, 2.75) is 5.41 Å². The SMILES string of the molecule is c1ccc(C2(c3ccccc3)c3ccccc3-c3c(N(c4ccc(-c5cccc(-n6c7ccccc7c7ccccc76)c5)cc4)c4cccc5c4oc4c6ccccc6ccc54)cccc32)cc1. The van der Waals surface area contributed by atoms with Crippen LogP contribution in [0.3, 0.4) is 0 Å². The molecule has 0 saturated heterocycles. The summed E-state index contributed by atoms with van der Waals surface area (Å²) in [5, 5.41) is 6.97. The molecule has 68 heavy (non-hydrogen) atoms. The van der Waals surface area contributed by atoms with Gasteiger partial charge in [-0.3, -0.25) is 0 Å². The van der Waals surface area contributed by atoms with Crippen LogP contribution in [0.5, 0.6) is 0 Å². The Hall–Kier alpha value is -8.92. The predicted octanol–water partition coefficient (Wildman–Crippen LogP) is 17.3. The zero-order valence-electron chi connectivity index (χ0n) is 37.1. The third kappa shape index (κ3) is 5.54. The zero-order chi connectivity index (χ0) is 44.8. The summed E-state index contributed by atoms with van der Waals surface area (Å²) in [4.78, 5) is 2.44. The average molecular weight is 867 g/mol. The minimum atomic E-state index is -0.550. The molecule has 0 spiro atoms. The molecule has 1 aliphatic rings. The van der Waals surface area contributed by atoms with Gasteiger partial charge in [-0.15, -0.1) is 0 Å². The molecule has 13 aromatic rings. The molecule has 0 fully saturated rings. The van der Waals surface area contributed by atoms with Crippen LogP contribution in [0.25, 0.3) is 82.5 Å². The van der Waals surface area contributed by atoms with E-state index < -0.39 is 5.41 Å². The summed E-state index contributed by atoms with van der Waals surface area (Å²) in [6.45, 7) is 0. The Morgan fingerprint density at radius 1 is 0.368 bits per heavy atom. The second kappa shape index (κ2) is 15.1. The van der Waals surface area contributed by atoms with Crippen LogP contribution in [0, 0.1) is 0 Å². The molecule has 0 radical (unpaired) electrons. The van der Waals surface area contributed by atoms with E-state index in [-0.39, 0.29) is 0 Å². The van der Waals surface area contributed by atoms with Gasteiger partial charge in [-0.05, 0) is 98.9 Å². The first-order valence-electron chi connectivity index (χ1n) is 23.4. The maximum atomic E-state index is 7.15. The lowest BCUT2D eigenvalue weighted by molar-refractivity contribution is 0.673. The Bertz CT molecular complexity index is 3990. The van der Waals surface area contributed by atoms with E-state index >= 15 is 0 Å². The molecule has 11 aromatic carbocycles. The topological polar surface area (TPSA) is 21.3 Å². The molecule has 3 nitrogen and oxygen atoms in total. The van der Waals surface area contributed by atoms with E-state index in [9.17, 15) is 0 Å². The van der Waals surface area contributed by atoms with Crippen molar-refractivity contribution in [3.8, 4) is 27.9 Å². The fraction of sp³-hybridized carbons (Fsp3) is 0.0154. The molecule has 0 saturated carbocycles. The van der Waals surface area contributed by atoms with Gasteiger partial charge in [0.15, 0.2) is 5.58 Å². The third-order valence-electron chi connectivity index (χ3n) is 14.5. The number of nitrogens with zero attached hydrogens (tertiary/aromatic N) is 2. The highest BCUT2D eigenvalue weighted by Crippen LogP contribution is 2.60. The van der Waals surface area contributed by atoms with E-state index in [0.29, 0.717) is 0 Å². The summed E-state index contributed by atoms with van der Waals surface area (Å²) in [6, 6.07) is 92.9. The summed E-state index contributed by atoms with van der Waals surface area (Å²) >= 11 is 0.